The summed E-state index contributed by atoms with van der Waals surface area (Å²) in [6.07, 6.45) is 3.23. The highest BCUT2D eigenvalue weighted by Gasteiger charge is 2.27. The average molecular weight is 334 g/mol. The molecule has 1 saturated heterocycles. The first-order valence-corrected chi connectivity index (χ1v) is 9.11. The molecule has 1 aliphatic rings. The van der Waals surface area contributed by atoms with Crippen molar-refractivity contribution in [1.29, 1.82) is 0 Å². The second-order valence-corrected chi connectivity index (χ2v) is 7.67. The van der Waals surface area contributed by atoms with E-state index in [0.717, 1.165) is 49.4 Å². The molecular weight excluding hydrogens is 308 g/mol. The van der Waals surface area contributed by atoms with Crippen LogP contribution in [0.1, 0.15) is 34.9 Å². The summed E-state index contributed by atoms with van der Waals surface area (Å²) in [5.41, 5.74) is 0. The monoisotopic (exact) mass is 334 g/mol. The zero-order valence-corrected chi connectivity index (χ0v) is 15.3. The zero-order chi connectivity index (χ0) is 16.4. The van der Waals surface area contributed by atoms with E-state index in [1.54, 1.807) is 11.3 Å². The van der Waals surface area contributed by atoms with E-state index in [2.05, 4.69) is 50.4 Å². The molecule has 2 aromatic heterocycles. The largest absolute Gasteiger partial charge is 0.314 e. The minimum absolute atomic E-state index is 0.589. The van der Waals surface area contributed by atoms with Crippen molar-refractivity contribution in [3.8, 4) is 0 Å². The summed E-state index contributed by atoms with van der Waals surface area (Å²) in [6.45, 7) is 11.3. The molecule has 0 radical (unpaired) electrons. The van der Waals surface area contributed by atoms with E-state index in [1.165, 1.54) is 11.3 Å². The Morgan fingerprint density at radius 1 is 1.35 bits per heavy atom. The summed E-state index contributed by atoms with van der Waals surface area (Å²) in [7, 11) is 2.20. The molecule has 0 N–H and O–H groups in total. The Morgan fingerprint density at radius 3 is 2.87 bits per heavy atom. The van der Waals surface area contributed by atoms with Crippen molar-refractivity contribution in [2.24, 2.45) is 0 Å². The van der Waals surface area contributed by atoms with Crippen molar-refractivity contribution in [3.05, 3.63) is 27.7 Å². The summed E-state index contributed by atoms with van der Waals surface area (Å²) >= 11 is 1.81. The average Bonchev–Trinajstić information content (AvgIpc) is 3.21. The topological polar surface area (TPSA) is 50.1 Å². The fourth-order valence-electron chi connectivity index (χ4n) is 3.32. The van der Waals surface area contributed by atoms with Gasteiger partial charge < -0.3 is 4.57 Å². The lowest BCUT2D eigenvalue weighted by atomic mass is 10.2. The molecule has 1 fully saturated rings. The predicted molar refractivity (Wildman–Crippen MR) is 92.4 cm³/mol. The molecule has 2 aromatic rings. The molecule has 1 atom stereocenters. The highest BCUT2D eigenvalue weighted by atomic mass is 32.1. The molecule has 0 amide bonds. The first-order chi connectivity index (χ1) is 11.1. The van der Waals surface area contributed by atoms with Crippen LogP contribution in [0.4, 0.5) is 0 Å². The van der Waals surface area contributed by atoms with Gasteiger partial charge in [0.05, 0.1) is 11.6 Å². The maximum absolute atomic E-state index is 4.35. The van der Waals surface area contributed by atoms with E-state index >= 15 is 0 Å². The standard InChI is InChI=1S/C16H26N6S/c1-5-22-12(2)18-19-16(22)11-20(4)14-6-7-21(9-14)10-15-8-17-13(3)23-15/h8,14H,5-7,9-11H2,1-4H3/t14-/m1/s1. The van der Waals surface area contributed by atoms with Gasteiger partial charge in [-0.3, -0.25) is 9.80 Å². The van der Waals surface area contributed by atoms with Crippen LogP contribution in [-0.4, -0.2) is 55.7 Å². The Labute approximate surface area is 142 Å². The number of aromatic nitrogens is 4. The van der Waals surface area contributed by atoms with Gasteiger partial charge in [-0.2, -0.15) is 0 Å². The molecule has 23 heavy (non-hydrogen) atoms. The van der Waals surface area contributed by atoms with Crippen molar-refractivity contribution < 1.29 is 0 Å². The minimum Gasteiger partial charge on any atom is -0.314 e. The number of nitrogens with zero attached hydrogens (tertiary/aromatic N) is 6. The molecule has 0 bridgehead atoms. The van der Waals surface area contributed by atoms with E-state index in [0.29, 0.717) is 6.04 Å². The van der Waals surface area contributed by atoms with Crippen LogP contribution >= 0.6 is 11.3 Å². The van der Waals surface area contributed by atoms with Crippen LogP contribution in [0, 0.1) is 13.8 Å². The van der Waals surface area contributed by atoms with Crippen LogP contribution in [0.25, 0.3) is 0 Å². The summed E-state index contributed by atoms with van der Waals surface area (Å²) < 4.78 is 2.20. The third-order valence-electron chi connectivity index (χ3n) is 4.64. The second-order valence-electron chi connectivity index (χ2n) is 6.35. The quantitative estimate of drug-likeness (QED) is 0.809. The van der Waals surface area contributed by atoms with Crippen molar-refractivity contribution in [3.63, 3.8) is 0 Å². The Bertz CT molecular complexity index is 649. The van der Waals surface area contributed by atoms with Crippen molar-refractivity contribution in [2.75, 3.05) is 20.1 Å². The highest BCUT2D eigenvalue weighted by molar-refractivity contribution is 7.11. The van der Waals surface area contributed by atoms with Gasteiger partial charge in [-0.15, -0.1) is 21.5 Å². The molecule has 7 heteroatoms. The number of likely N-dealkylation sites (tertiary alicyclic amines) is 1. The maximum atomic E-state index is 4.35. The molecule has 0 spiro atoms. The van der Waals surface area contributed by atoms with Crippen LogP contribution in [0.15, 0.2) is 6.20 Å². The molecule has 1 aliphatic heterocycles. The van der Waals surface area contributed by atoms with Crippen LogP contribution in [-0.2, 0) is 19.6 Å². The molecular formula is C16H26N6S. The van der Waals surface area contributed by atoms with Gasteiger partial charge >= 0.3 is 0 Å². The molecule has 3 rings (SSSR count). The number of hydrogen-bond donors (Lipinski definition) is 0. The first-order valence-electron chi connectivity index (χ1n) is 8.29. The highest BCUT2D eigenvalue weighted by Crippen LogP contribution is 2.21. The second kappa shape index (κ2) is 7.07. The lowest BCUT2D eigenvalue weighted by Gasteiger charge is -2.24. The van der Waals surface area contributed by atoms with Crippen molar-refractivity contribution in [1.82, 2.24) is 29.5 Å². The predicted octanol–water partition coefficient (Wildman–Crippen LogP) is 2.08. The zero-order valence-electron chi connectivity index (χ0n) is 14.5. The van der Waals surface area contributed by atoms with E-state index in [-0.39, 0.29) is 0 Å². The lowest BCUT2D eigenvalue weighted by Crippen LogP contribution is -2.34. The maximum Gasteiger partial charge on any atom is 0.147 e. The molecule has 0 aliphatic carbocycles. The first kappa shape index (κ1) is 16.5. The Hall–Kier alpha value is -1.31. The summed E-state index contributed by atoms with van der Waals surface area (Å²) in [5.74, 6) is 2.08. The van der Waals surface area contributed by atoms with Crippen LogP contribution in [0.5, 0.6) is 0 Å². The fraction of sp³-hybridized carbons (Fsp3) is 0.688. The van der Waals surface area contributed by atoms with E-state index in [1.807, 2.05) is 13.1 Å². The normalized spacial score (nSPS) is 19.1. The van der Waals surface area contributed by atoms with Crippen molar-refractivity contribution in [2.45, 2.75) is 52.9 Å². The molecule has 0 unspecified atom stereocenters. The van der Waals surface area contributed by atoms with Gasteiger partial charge in [0, 0.05) is 43.3 Å². The molecule has 0 saturated carbocycles. The van der Waals surface area contributed by atoms with Gasteiger partial charge in [-0.1, -0.05) is 0 Å². The van der Waals surface area contributed by atoms with E-state index in [4.69, 9.17) is 0 Å². The number of hydrogen-bond acceptors (Lipinski definition) is 6. The van der Waals surface area contributed by atoms with Crippen LogP contribution in [0.2, 0.25) is 0 Å². The van der Waals surface area contributed by atoms with E-state index in [9.17, 15) is 0 Å². The molecule has 126 valence electrons. The SMILES string of the molecule is CCn1c(C)nnc1CN(C)[C@@H]1CCN(Cc2cnc(C)s2)C1. The summed E-state index contributed by atoms with van der Waals surface area (Å²) in [5, 5.41) is 9.70. The smallest absolute Gasteiger partial charge is 0.147 e. The van der Waals surface area contributed by atoms with Gasteiger partial charge in [-0.25, -0.2) is 4.98 Å². The summed E-state index contributed by atoms with van der Waals surface area (Å²) in [6, 6.07) is 0.589. The third-order valence-corrected chi connectivity index (χ3v) is 5.54. The van der Waals surface area contributed by atoms with Gasteiger partial charge in [0.15, 0.2) is 0 Å². The Kier molecular flexibility index (Phi) is 5.08. The van der Waals surface area contributed by atoms with E-state index < -0.39 is 0 Å². The Balaban J connectivity index is 1.55. The van der Waals surface area contributed by atoms with Gasteiger partial charge in [0.1, 0.15) is 11.6 Å². The number of rotatable bonds is 6. The van der Waals surface area contributed by atoms with Gasteiger partial charge in [-0.05, 0) is 34.2 Å². The number of thiazole rings is 1. The number of aryl methyl sites for hydroxylation is 2. The molecule has 6 nitrogen and oxygen atoms in total. The Morgan fingerprint density at radius 2 is 2.17 bits per heavy atom. The van der Waals surface area contributed by atoms with Crippen LogP contribution < -0.4 is 0 Å². The van der Waals surface area contributed by atoms with Gasteiger partial charge in [0.2, 0.25) is 0 Å². The third kappa shape index (κ3) is 3.79. The van der Waals surface area contributed by atoms with Crippen molar-refractivity contribution >= 4 is 11.3 Å². The molecule has 3 heterocycles. The fourth-order valence-corrected chi connectivity index (χ4v) is 4.16. The summed E-state index contributed by atoms with van der Waals surface area (Å²) in [4.78, 5) is 10.7. The van der Waals surface area contributed by atoms with Crippen LogP contribution in [0.3, 0.4) is 0 Å². The lowest BCUT2D eigenvalue weighted by molar-refractivity contribution is 0.216. The van der Waals surface area contributed by atoms with Gasteiger partial charge in [0.25, 0.3) is 0 Å². The number of likely N-dealkylation sites (N-methyl/N-ethyl adjacent to an activating group) is 1. The molecule has 0 aromatic carbocycles. The minimum atomic E-state index is 0.589.